The molecule has 0 radical (unpaired) electrons. The third-order valence-corrected chi connectivity index (χ3v) is 1.28. The number of carbonyl (C=O) groups excluding carboxylic acids is 1. The van der Waals surface area contributed by atoms with Gasteiger partial charge in [0.1, 0.15) is 0 Å². The molecule has 0 bridgehead atoms. The van der Waals surface area contributed by atoms with E-state index in [9.17, 15) is 19.5 Å². The molecule has 1 atom stereocenters. The average molecular weight is 292 g/mol. The Morgan fingerprint density at radius 3 is 1.44 bits per heavy atom. The van der Waals surface area contributed by atoms with Gasteiger partial charge in [0.05, 0.1) is 6.42 Å². The van der Waals surface area contributed by atoms with Crippen LogP contribution in [0.5, 0.6) is 0 Å². The van der Waals surface area contributed by atoms with Crippen LogP contribution in [0.1, 0.15) is 12.8 Å². The number of aliphatic carboxylic acids is 3. The fourth-order valence-electron chi connectivity index (χ4n) is 0.703. The van der Waals surface area contributed by atoms with E-state index in [1.807, 2.05) is 0 Å². The van der Waals surface area contributed by atoms with Gasteiger partial charge in [-0.2, -0.15) is 0 Å². The molecule has 0 amide bonds. The molecule has 0 saturated heterocycles. The fourth-order valence-corrected chi connectivity index (χ4v) is 0.703. The molecule has 0 aliphatic rings. The van der Waals surface area contributed by atoms with Gasteiger partial charge in [-0.05, 0) is 0 Å². The molecule has 98 valence electrons. The van der Waals surface area contributed by atoms with E-state index in [1.165, 1.54) is 0 Å². The summed E-state index contributed by atoms with van der Waals surface area (Å²) in [6, 6.07) is 0. The Morgan fingerprint density at radius 1 is 0.944 bits per heavy atom. The first kappa shape index (κ1) is 22.5. The van der Waals surface area contributed by atoms with E-state index >= 15 is 0 Å². The summed E-state index contributed by atoms with van der Waals surface area (Å²) in [5.74, 6) is -5.34. The van der Waals surface area contributed by atoms with Crippen molar-refractivity contribution in [1.29, 1.82) is 0 Å². The summed E-state index contributed by atoms with van der Waals surface area (Å²) in [7, 11) is 0. The van der Waals surface area contributed by atoms with E-state index in [0.717, 1.165) is 0 Å². The molecular weight excluding hydrogens is 283 g/mol. The molecule has 0 aliphatic carbocycles. The normalized spacial score (nSPS) is 11.8. The summed E-state index contributed by atoms with van der Waals surface area (Å²) in [6.45, 7) is 0. The van der Waals surface area contributed by atoms with E-state index in [1.54, 1.807) is 0 Å². The van der Waals surface area contributed by atoms with Crippen molar-refractivity contribution in [2.45, 2.75) is 18.4 Å². The van der Waals surface area contributed by atoms with Crippen LogP contribution in [-0.4, -0.2) is 55.2 Å². The van der Waals surface area contributed by atoms with Crippen LogP contribution in [0, 0.1) is 0 Å². The second-order valence-electron chi connectivity index (χ2n) is 2.74. The Balaban J connectivity index is -0.000000392. The summed E-state index contributed by atoms with van der Waals surface area (Å²) < 4.78 is 0. The largest absolute Gasteiger partial charge is 1.00 e. The van der Waals surface area contributed by atoms with Crippen molar-refractivity contribution in [2.75, 3.05) is 0 Å². The van der Waals surface area contributed by atoms with Gasteiger partial charge in [-0.1, -0.05) is 0 Å². The molecule has 5 N–H and O–H groups in total. The number of carbonyl (C=O) groups is 4. The maximum absolute atomic E-state index is 10.3. The van der Waals surface area contributed by atoms with E-state index in [4.69, 9.17) is 30.3 Å². The quantitative estimate of drug-likeness (QED) is 0.305. The first-order chi connectivity index (χ1) is 7.51. The molecular formula is C7H9KO10. The van der Waals surface area contributed by atoms with E-state index in [0.29, 0.717) is 0 Å². The molecule has 0 spiro atoms. The van der Waals surface area contributed by atoms with Crippen molar-refractivity contribution in [2.24, 2.45) is 0 Å². The first-order valence-corrected chi connectivity index (χ1v) is 3.80. The van der Waals surface area contributed by atoms with E-state index in [-0.39, 0.29) is 51.4 Å². The van der Waals surface area contributed by atoms with Crippen LogP contribution >= 0.6 is 0 Å². The van der Waals surface area contributed by atoms with Crippen molar-refractivity contribution >= 4 is 24.1 Å². The van der Waals surface area contributed by atoms with Crippen molar-refractivity contribution in [3.05, 3.63) is 0 Å². The molecule has 11 heteroatoms. The van der Waals surface area contributed by atoms with Gasteiger partial charge in [-0.25, -0.2) is 9.59 Å². The van der Waals surface area contributed by atoms with Crippen LogP contribution in [0.15, 0.2) is 0 Å². The number of hydrogen-bond acceptors (Lipinski definition) is 6. The van der Waals surface area contributed by atoms with Gasteiger partial charge in [-0.15, -0.1) is 0 Å². The van der Waals surface area contributed by atoms with Gasteiger partial charge < -0.3 is 35.4 Å². The van der Waals surface area contributed by atoms with E-state index < -0.39 is 42.5 Å². The Morgan fingerprint density at radius 2 is 1.28 bits per heavy atom. The third-order valence-electron chi connectivity index (χ3n) is 1.28. The smallest absolute Gasteiger partial charge is 0.550 e. The minimum absolute atomic E-state index is 0. The van der Waals surface area contributed by atoms with Gasteiger partial charge in [0, 0.05) is 12.4 Å². The Labute approximate surface area is 142 Å². The number of carboxylic acid groups (broad SMARTS) is 5. The van der Waals surface area contributed by atoms with Gasteiger partial charge in [0.15, 0.2) is 5.60 Å². The topological polar surface area (TPSA) is 192 Å². The zero-order valence-corrected chi connectivity index (χ0v) is 12.3. The van der Waals surface area contributed by atoms with Crippen LogP contribution in [-0.2, 0) is 14.4 Å². The molecule has 0 rings (SSSR count). The van der Waals surface area contributed by atoms with Crippen LogP contribution in [0.4, 0.5) is 4.79 Å². The Hall–Kier alpha value is -0.724. The monoisotopic (exact) mass is 292 g/mol. The summed E-state index contributed by atoms with van der Waals surface area (Å²) in [5, 5.41) is 49.4. The minimum atomic E-state index is -2.80. The van der Waals surface area contributed by atoms with Crippen molar-refractivity contribution in [3.63, 3.8) is 0 Å². The summed E-state index contributed by atoms with van der Waals surface area (Å²) in [4.78, 5) is 38.9. The molecule has 18 heavy (non-hydrogen) atoms. The van der Waals surface area contributed by atoms with Crippen molar-refractivity contribution < 1.29 is 101 Å². The van der Waals surface area contributed by atoms with Crippen LogP contribution in [0.2, 0.25) is 0 Å². The van der Waals surface area contributed by atoms with Crippen molar-refractivity contribution in [3.8, 4) is 0 Å². The Kier molecular flexibility index (Phi) is 12.8. The Bertz CT molecular complexity index is 304. The van der Waals surface area contributed by atoms with Gasteiger partial charge in [-0.3, -0.25) is 4.79 Å². The summed E-state index contributed by atoms with van der Waals surface area (Å²) >= 11 is 0. The maximum atomic E-state index is 10.3. The minimum Gasteiger partial charge on any atom is -0.550 e. The molecule has 0 saturated carbocycles. The first-order valence-electron chi connectivity index (χ1n) is 3.80. The standard InChI is InChI=1S/C6H8O7.CH2O3.K/c7-3(8)1-6(13,5(11)12)2-4(9)10;2-1(3)4;/h13H,1-2H2,(H,7,8)(H,9,10)(H,11,12);(H2,2,3,4);/q;;+1/p-1. The zero-order chi connectivity index (χ0) is 14.2. The average Bonchev–Trinajstić information content (AvgIpc) is 1.98. The summed E-state index contributed by atoms with van der Waals surface area (Å²) in [6.07, 6.45) is -4.27. The molecule has 0 aromatic carbocycles. The predicted molar refractivity (Wildman–Crippen MR) is 45.1 cm³/mol. The second kappa shape index (κ2) is 10.2. The third kappa shape index (κ3) is 13.3. The number of carboxylic acids is 3. The molecule has 0 aromatic rings. The SMILES string of the molecule is O=C(O)O.O=C([O-])CC(O)(CC(=O)O)C(=O)O.[K+]. The second-order valence-corrected chi connectivity index (χ2v) is 2.74. The fraction of sp³-hybridized carbons (Fsp3) is 0.429. The number of aliphatic hydroxyl groups is 1. The van der Waals surface area contributed by atoms with Gasteiger partial charge in [0.2, 0.25) is 0 Å². The van der Waals surface area contributed by atoms with E-state index in [2.05, 4.69) is 0 Å². The molecule has 0 fully saturated rings. The molecule has 10 nitrogen and oxygen atoms in total. The van der Waals surface area contributed by atoms with Crippen molar-refractivity contribution in [1.82, 2.24) is 0 Å². The number of rotatable bonds is 5. The summed E-state index contributed by atoms with van der Waals surface area (Å²) in [5.41, 5.74) is -2.80. The van der Waals surface area contributed by atoms with Crippen LogP contribution in [0.3, 0.4) is 0 Å². The molecule has 0 aliphatic heterocycles. The van der Waals surface area contributed by atoms with Gasteiger partial charge in [0.25, 0.3) is 0 Å². The molecule has 1 unspecified atom stereocenters. The van der Waals surface area contributed by atoms with Crippen LogP contribution < -0.4 is 56.5 Å². The molecule has 0 aromatic heterocycles. The zero-order valence-electron chi connectivity index (χ0n) is 9.19. The predicted octanol–water partition coefficient (Wildman–Crippen LogP) is -5.36. The number of hydrogen-bond donors (Lipinski definition) is 5. The van der Waals surface area contributed by atoms with Gasteiger partial charge >= 0.3 is 69.5 Å². The maximum Gasteiger partial charge on any atom is 1.00 e. The molecule has 0 heterocycles. The van der Waals surface area contributed by atoms with Crippen LogP contribution in [0.25, 0.3) is 0 Å².